The molecule has 14 heavy (non-hydrogen) atoms. The van der Waals surface area contributed by atoms with E-state index in [4.69, 9.17) is 0 Å². The van der Waals surface area contributed by atoms with Crippen LogP contribution >= 0.6 is 0 Å². The van der Waals surface area contributed by atoms with Gasteiger partial charge in [0.15, 0.2) is 12.9 Å². The highest BCUT2D eigenvalue weighted by atomic mass is 16.7. The topological polar surface area (TPSA) is 55.8 Å². The highest BCUT2D eigenvalue weighted by molar-refractivity contribution is 5.76. The average molecular weight is 196 g/mol. The largest absolute Gasteiger partial charge is 0.436 e. The van der Waals surface area contributed by atoms with Crippen LogP contribution in [0.3, 0.4) is 0 Å². The van der Waals surface area contributed by atoms with Crippen molar-refractivity contribution in [3.05, 3.63) is 35.9 Å². The Bertz CT molecular complexity index is 283. The Morgan fingerprint density at radius 1 is 1.43 bits per heavy atom. The molecule has 0 aliphatic carbocycles. The summed E-state index contributed by atoms with van der Waals surface area (Å²) < 4.78 is 9.14. The Morgan fingerprint density at radius 2 is 2.07 bits per heavy atom. The third-order valence-electron chi connectivity index (χ3n) is 1.66. The van der Waals surface area contributed by atoms with E-state index in [1.54, 1.807) is 30.3 Å². The van der Waals surface area contributed by atoms with Crippen molar-refractivity contribution in [3.8, 4) is 0 Å². The van der Waals surface area contributed by atoms with E-state index in [0.717, 1.165) is 0 Å². The number of carbonyl (C=O) groups is 1. The van der Waals surface area contributed by atoms with Crippen molar-refractivity contribution in [2.75, 3.05) is 13.9 Å². The molecule has 0 amide bonds. The quantitative estimate of drug-likeness (QED) is 0.573. The van der Waals surface area contributed by atoms with Gasteiger partial charge >= 0.3 is 5.97 Å². The number of ether oxygens (including phenoxy) is 2. The molecule has 0 bridgehead atoms. The molecule has 1 aromatic carbocycles. The zero-order valence-corrected chi connectivity index (χ0v) is 7.84. The van der Waals surface area contributed by atoms with Gasteiger partial charge in [-0.15, -0.1) is 0 Å². The van der Waals surface area contributed by atoms with Gasteiger partial charge in [0.25, 0.3) is 0 Å². The first-order chi connectivity index (χ1) is 6.75. The smallest absolute Gasteiger partial charge is 0.341 e. The van der Waals surface area contributed by atoms with Crippen molar-refractivity contribution in [2.24, 2.45) is 0 Å². The minimum Gasteiger partial charge on any atom is -0.436 e. The lowest BCUT2D eigenvalue weighted by molar-refractivity contribution is -0.164. The van der Waals surface area contributed by atoms with E-state index in [-0.39, 0.29) is 6.79 Å². The summed E-state index contributed by atoms with van der Waals surface area (Å²) in [5.74, 6) is -0.710. The molecule has 0 fully saturated rings. The van der Waals surface area contributed by atoms with E-state index in [1.165, 1.54) is 7.11 Å². The standard InChI is InChI=1S/C10H12O4/c1-13-7-14-10(12)9(11)8-5-3-2-4-6-8/h2-6,9,11H,7H2,1H3/t9-/m1/s1. The van der Waals surface area contributed by atoms with Gasteiger partial charge in [0.1, 0.15) is 0 Å². The molecule has 1 atom stereocenters. The summed E-state index contributed by atoms with van der Waals surface area (Å²) in [6, 6.07) is 8.58. The summed E-state index contributed by atoms with van der Waals surface area (Å²) in [5, 5.41) is 9.49. The first-order valence-electron chi connectivity index (χ1n) is 4.14. The van der Waals surface area contributed by atoms with E-state index in [1.807, 2.05) is 0 Å². The van der Waals surface area contributed by atoms with Crippen LogP contribution in [0.4, 0.5) is 0 Å². The highest BCUT2D eigenvalue weighted by Gasteiger charge is 2.17. The van der Waals surface area contributed by atoms with Gasteiger partial charge in [0.05, 0.1) is 0 Å². The second kappa shape index (κ2) is 5.36. The van der Waals surface area contributed by atoms with Crippen molar-refractivity contribution in [1.29, 1.82) is 0 Å². The molecule has 0 aliphatic heterocycles. The molecular formula is C10H12O4. The first kappa shape index (κ1) is 10.7. The third kappa shape index (κ3) is 2.83. The van der Waals surface area contributed by atoms with Crippen LogP contribution in [0.25, 0.3) is 0 Å². The number of hydrogen-bond acceptors (Lipinski definition) is 4. The summed E-state index contributed by atoms with van der Waals surface area (Å²) in [7, 11) is 1.40. The molecule has 0 heterocycles. The second-order valence-corrected chi connectivity index (χ2v) is 2.68. The van der Waals surface area contributed by atoms with Crippen LogP contribution in [0.2, 0.25) is 0 Å². The lowest BCUT2D eigenvalue weighted by Crippen LogP contribution is -2.16. The van der Waals surface area contributed by atoms with Crippen LogP contribution in [0.5, 0.6) is 0 Å². The predicted octanol–water partition coefficient (Wildman–Crippen LogP) is 0.867. The van der Waals surface area contributed by atoms with Crippen molar-refractivity contribution in [1.82, 2.24) is 0 Å². The molecule has 1 aromatic rings. The van der Waals surface area contributed by atoms with Gasteiger partial charge in [-0.05, 0) is 5.56 Å². The lowest BCUT2D eigenvalue weighted by atomic mass is 10.1. The molecule has 0 unspecified atom stereocenters. The fraction of sp³-hybridized carbons (Fsp3) is 0.300. The van der Waals surface area contributed by atoms with E-state index < -0.39 is 12.1 Å². The fourth-order valence-electron chi connectivity index (χ4n) is 0.967. The zero-order valence-electron chi connectivity index (χ0n) is 7.84. The second-order valence-electron chi connectivity index (χ2n) is 2.68. The Morgan fingerprint density at radius 3 is 2.64 bits per heavy atom. The number of aliphatic hydroxyl groups excluding tert-OH is 1. The maximum absolute atomic E-state index is 11.2. The minimum atomic E-state index is -1.24. The molecule has 1 N–H and O–H groups in total. The van der Waals surface area contributed by atoms with E-state index in [2.05, 4.69) is 9.47 Å². The average Bonchev–Trinajstić information content (AvgIpc) is 2.26. The normalized spacial score (nSPS) is 12.1. The SMILES string of the molecule is COCOC(=O)[C@H](O)c1ccccc1. The van der Waals surface area contributed by atoms with Crippen molar-refractivity contribution in [3.63, 3.8) is 0 Å². The third-order valence-corrected chi connectivity index (χ3v) is 1.66. The Labute approximate surface area is 82.1 Å². The maximum atomic E-state index is 11.2. The summed E-state index contributed by atoms with van der Waals surface area (Å²) in [6.07, 6.45) is -1.24. The molecule has 0 saturated heterocycles. The number of benzene rings is 1. The number of esters is 1. The molecule has 1 rings (SSSR count). The number of methoxy groups -OCH3 is 1. The molecule has 4 nitrogen and oxygen atoms in total. The predicted molar refractivity (Wildman–Crippen MR) is 49.4 cm³/mol. The Balaban J connectivity index is 2.57. The number of hydrogen-bond donors (Lipinski definition) is 1. The van der Waals surface area contributed by atoms with Gasteiger partial charge in [-0.25, -0.2) is 4.79 Å². The van der Waals surface area contributed by atoms with Crippen LogP contribution in [0.1, 0.15) is 11.7 Å². The molecule has 0 saturated carbocycles. The molecule has 0 aromatic heterocycles. The summed E-state index contributed by atoms with van der Waals surface area (Å²) in [5.41, 5.74) is 0.508. The number of carbonyl (C=O) groups excluding carboxylic acids is 1. The van der Waals surface area contributed by atoms with Crippen molar-refractivity contribution >= 4 is 5.97 Å². The molecule has 0 radical (unpaired) electrons. The molecule has 0 aliphatic rings. The molecular weight excluding hydrogens is 184 g/mol. The van der Waals surface area contributed by atoms with Gasteiger partial charge in [-0.2, -0.15) is 0 Å². The number of aliphatic hydroxyl groups is 1. The maximum Gasteiger partial charge on any atom is 0.341 e. The first-order valence-corrected chi connectivity index (χ1v) is 4.14. The number of rotatable bonds is 4. The monoisotopic (exact) mass is 196 g/mol. The van der Waals surface area contributed by atoms with Gasteiger partial charge in [-0.1, -0.05) is 30.3 Å². The zero-order chi connectivity index (χ0) is 10.4. The van der Waals surface area contributed by atoms with E-state index in [0.29, 0.717) is 5.56 Å². The van der Waals surface area contributed by atoms with Crippen LogP contribution in [0.15, 0.2) is 30.3 Å². The van der Waals surface area contributed by atoms with E-state index in [9.17, 15) is 9.90 Å². The fourth-order valence-corrected chi connectivity index (χ4v) is 0.967. The Kier molecular flexibility index (Phi) is 4.10. The summed E-state index contributed by atoms with van der Waals surface area (Å²) in [4.78, 5) is 11.2. The van der Waals surface area contributed by atoms with Crippen LogP contribution in [0, 0.1) is 0 Å². The van der Waals surface area contributed by atoms with Gasteiger partial charge in [0.2, 0.25) is 0 Å². The lowest BCUT2D eigenvalue weighted by Gasteiger charge is -2.09. The van der Waals surface area contributed by atoms with Crippen LogP contribution < -0.4 is 0 Å². The molecule has 4 heteroatoms. The van der Waals surface area contributed by atoms with Crippen LogP contribution in [-0.4, -0.2) is 25.0 Å². The van der Waals surface area contributed by atoms with Crippen LogP contribution in [-0.2, 0) is 14.3 Å². The van der Waals surface area contributed by atoms with Gasteiger partial charge in [0, 0.05) is 7.11 Å². The summed E-state index contributed by atoms with van der Waals surface area (Å²) >= 11 is 0. The van der Waals surface area contributed by atoms with Crippen molar-refractivity contribution < 1.29 is 19.4 Å². The van der Waals surface area contributed by atoms with Gasteiger partial charge in [-0.3, -0.25) is 0 Å². The summed E-state index contributed by atoms with van der Waals surface area (Å²) in [6.45, 7) is -0.150. The Hall–Kier alpha value is -1.39. The van der Waals surface area contributed by atoms with Crippen molar-refractivity contribution in [2.45, 2.75) is 6.10 Å². The minimum absolute atomic E-state index is 0.150. The highest BCUT2D eigenvalue weighted by Crippen LogP contribution is 2.13. The molecule has 76 valence electrons. The van der Waals surface area contributed by atoms with Gasteiger partial charge < -0.3 is 14.6 Å². The van der Waals surface area contributed by atoms with E-state index >= 15 is 0 Å². The molecule has 0 spiro atoms.